The topological polar surface area (TPSA) is 52.3 Å². The summed E-state index contributed by atoms with van der Waals surface area (Å²) in [5.74, 6) is -1.01. The molecule has 1 aromatic rings. The molecule has 3 nitrogen and oxygen atoms in total. The standard InChI is InChI=1S/C11H14FNO2/c1-7(2)15-11(14)9-3-8(6-13)4-10(12)5-9/h3-5,7H,6,13H2,1-2H3. The minimum absolute atomic E-state index is 0.194. The predicted molar refractivity (Wildman–Crippen MR) is 54.8 cm³/mol. The van der Waals surface area contributed by atoms with E-state index in [9.17, 15) is 9.18 Å². The molecule has 0 aliphatic rings. The number of rotatable bonds is 3. The molecule has 2 N–H and O–H groups in total. The van der Waals surface area contributed by atoms with Gasteiger partial charge < -0.3 is 10.5 Å². The summed E-state index contributed by atoms with van der Waals surface area (Å²) in [5.41, 5.74) is 6.14. The van der Waals surface area contributed by atoms with Gasteiger partial charge in [0.1, 0.15) is 5.82 Å². The second kappa shape index (κ2) is 4.89. The molecule has 0 aromatic heterocycles. The van der Waals surface area contributed by atoms with E-state index >= 15 is 0 Å². The van der Waals surface area contributed by atoms with Crippen molar-refractivity contribution in [3.8, 4) is 0 Å². The maximum absolute atomic E-state index is 13.0. The highest BCUT2D eigenvalue weighted by Crippen LogP contribution is 2.11. The summed E-state index contributed by atoms with van der Waals surface area (Å²) >= 11 is 0. The SMILES string of the molecule is CC(C)OC(=O)c1cc(F)cc(CN)c1. The van der Waals surface area contributed by atoms with E-state index in [1.54, 1.807) is 13.8 Å². The van der Waals surface area contributed by atoms with Gasteiger partial charge in [0.15, 0.2) is 0 Å². The molecule has 0 aliphatic carbocycles. The number of hydrogen-bond acceptors (Lipinski definition) is 3. The largest absolute Gasteiger partial charge is 0.459 e. The minimum atomic E-state index is -0.529. The van der Waals surface area contributed by atoms with Crippen LogP contribution in [0.25, 0.3) is 0 Å². The van der Waals surface area contributed by atoms with Crippen LogP contribution >= 0.6 is 0 Å². The summed E-state index contributed by atoms with van der Waals surface area (Å²) in [7, 11) is 0. The van der Waals surface area contributed by atoms with E-state index in [4.69, 9.17) is 10.5 Å². The molecule has 0 unspecified atom stereocenters. The highest BCUT2D eigenvalue weighted by atomic mass is 19.1. The molecule has 4 heteroatoms. The van der Waals surface area contributed by atoms with E-state index < -0.39 is 11.8 Å². The molecule has 1 rings (SSSR count). The van der Waals surface area contributed by atoms with Crippen molar-refractivity contribution >= 4 is 5.97 Å². The van der Waals surface area contributed by atoms with Crippen LogP contribution in [0.5, 0.6) is 0 Å². The van der Waals surface area contributed by atoms with Gasteiger partial charge >= 0.3 is 5.97 Å². The lowest BCUT2D eigenvalue weighted by molar-refractivity contribution is 0.0377. The molecule has 82 valence electrons. The Hall–Kier alpha value is -1.42. The Morgan fingerprint density at radius 3 is 2.67 bits per heavy atom. The van der Waals surface area contributed by atoms with Crippen LogP contribution in [0.3, 0.4) is 0 Å². The van der Waals surface area contributed by atoms with Crippen molar-refractivity contribution in [3.63, 3.8) is 0 Å². The van der Waals surface area contributed by atoms with E-state index in [1.807, 2.05) is 0 Å². The van der Waals surface area contributed by atoms with Crippen LogP contribution in [-0.4, -0.2) is 12.1 Å². The second-order valence-electron chi connectivity index (χ2n) is 3.51. The third-order valence-corrected chi connectivity index (χ3v) is 1.77. The van der Waals surface area contributed by atoms with E-state index in [0.29, 0.717) is 5.56 Å². The summed E-state index contributed by atoms with van der Waals surface area (Å²) in [5, 5.41) is 0. The van der Waals surface area contributed by atoms with Gasteiger partial charge in [-0.2, -0.15) is 0 Å². The predicted octanol–water partition coefficient (Wildman–Crippen LogP) is 1.85. The number of esters is 1. The number of benzene rings is 1. The van der Waals surface area contributed by atoms with Crippen molar-refractivity contribution < 1.29 is 13.9 Å². The van der Waals surface area contributed by atoms with Crippen LogP contribution in [0, 0.1) is 5.82 Å². The van der Waals surface area contributed by atoms with Crippen LogP contribution < -0.4 is 5.73 Å². The van der Waals surface area contributed by atoms with Gasteiger partial charge in [0, 0.05) is 6.54 Å². The van der Waals surface area contributed by atoms with Gasteiger partial charge in [-0.3, -0.25) is 0 Å². The Bertz CT molecular complexity index is 364. The molecular weight excluding hydrogens is 197 g/mol. The average molecular weight is 211 g/mol. The van der Waals surface area contributed by atoms with Crippen LogP contribution in [0.1, 0.15) is 29.8 Å². The third kappa shape index (κ3) is 3.32. The Labute approximate surface area is 88.0 Å². The minimum Gasteiger partial charge on any atom is -0.459 e. The van der Waals surface area contributed by atoms with Gasteiger partial charge in [-0.05, 0) is 37.6 Å². The van der Waals surface area contributed by atoms with Gasteiger partial charge in [-0.25, -0.2) is 9.18 Å². The number of ether oxygens (including phenoxy) is 1. The second-order valence-corrected chi connectivity index (χ2v) is 3.51. The van der Waals surface area contributed by atoms with Crippen molar-refractivity contribution in [3.05, 3.63) is 35.1 Å². The average Bonchev–Trinajstić information content (AvgIpc) is 2.15. The molecule has 0 saturated heterocycles. The first-order chi connectivity index (χ1) is 7.02. The first kappa shape index (κ1) is 11.7. The summed E-state index contributed by atoms with van der Waals surface area (Å²) < 4.78 is 18.0. The van der Waals surface area contributed by atoms with Crippen molar-refractivity contribution in [2.45, 2.75) is 26.5 Å². The van der Waals surface area contributed by atoms with Crippen molar-refractivity contribution in [1.82, 2.24) is 0 Å². The smallest absolute Gasteiger partial charge is 0.338 e. The Morgan fingerprint density at radius 2 is 2.13 bits per heavy atom. The normalized spacial score (nSPS) is 10.5. The van der Waals surface area contributed by atoms with E-state index in [2.05, 4.69) is 0 Å². The lowest BCUT2D eigenvalue weighted by Crippen LogP contribution is -2.12. The lowest BCUT2D eigenvalue weighted by Gasteiger charge is -2.08. The first-order valence-electron chi connectivity index (χ1n) is 4.73. The zero-order chi connectivity index (χ0) is 11.4. The monoisotopic (exact) mass is 211 g/mol. The summed E-state index contributed by atoms with van der Waals surface area (Å²) in [4.78, 5) is 11.4. The molecule has 0 fully saturated rings. The maximum atomic E-state index is 13.0. The molecular formula is C11H14FNO2. The molecule has 0 spiro atoms. The van der Waals surface area contributed by atoms with Crippen molar-refractivity contribution in [1.29, 1.82) is 0 Å². The quantitative estimate of drug-likeness (QED) is 0.776. The molecule has 1 aromatic carbocycles. The molecule has 0 radical (unpaired) electrons. The van der Waals surface area contributed by atoms with Gasteiger partial charge in [-0.15, -0.1) is 0 Å². The van der Waals surface area contributed by atoms with E-state index in [-0.39, 0.29) is 18.2 Å². The maximum Gasteiger partial charge on any atom is 0.338 e. The molecule has 0 saturated carbocycles. The Morgan fingerprint density at radius 1 is 1.47 bits per heavy atom. The molecule has 0 amide bonds. The van der Waals surface area contributed by atoms with E-state index in [1.165, 1.54) is 12.1 Å². The molecule has 15 heavy (non-hydrogen) atoms. The highest BCUT2D eigenvalue weighted by Gasteiger charge is 2.11. The lowest BCUT2D eigenvalue weighted by atomic mass is 10.1. The Balaban J connectivity index is 2.93. The van der Waals surface area contributed by atoms with E-state index in [0.717, 1.165) is 6.07 Å². The third-order valence-electron chi connectivity index (χ3n) is 1.77. The van der Waals surface area contributed by atoms with Crippen LogP contribution in [-0.2, 0) is 11.3 Å². The fourth-order valence-corrected chi connectivity index (χ4v) is 1.17. The summed E-state index contributed by atoms with van der Waals surface area (Å²) in [6.45, 7) is 3.67. The fourth-order valence-electron chi connectivity index (χ4n) is 1.17. The molecule has 0 bridgehead atoms. The van der Waals surface area contributed by atoms with Crippen molar-refractivity contribution in [2.24, 2.45) is 5.73 Å². The first-order valence-corrected chi connectivity index (χ1v) is 4.73. The number of hydrogen-bond donors (Lipinski definition) is 1. The highest BCUT2D eigenvalue weighted by molar-refractivity contribution is 5.89. The number of nitrogens with two attached hydrogens (primary N) is 1. The van der Waals surface area contributed by atoms with Crippen molar-refractivity contribution in [2.75, 3.05) is 0 Å². The molecule has 0 atom stereocenters. The zero-order valence-corrected chi connectivity index (χ0v) is 8.79. The van der Waals surface area contributed by atoms with Gasteiger partial charge in [-0.1, -0.05) is 0 Å². The number of carbonyl (C=O) groups excluding carboxylic acids is 1. The number of carbonyl (C=O) groups is 1. The van der Waals surface area contributed by atoms with Crippen LogP contribution in [0.2, 0.25) is 0 Å². The van der Waals surface area contributed by atoms with Gasteiger partial charge in [0.2, 0.25) is 0 Å². The summed E-state index contributed by atoms with van der Waals surface area (Å²) in [6, 6.07) is 3.98. The molecule has 0 aliphatic heterocycles. The van der Waals surface area contributed by atoms with Crippen LogP contribution in [0.4, 0.5) is 4.39 Å². The fraction of sp³-hybridized carbons (Fsp3) is 0.364. The zero-order valence-electron chi connectivity index (χ0n) is 8.79. The van der Waals surface area contributed by atoms with Gasteiger partial charge in [0.05, 0.1) is 11.7 Å². The number of halogens is 1. The van der Waals surface area contributed by atoms with Gasteiger partial charge in [0.25, 0.3) is 0 Å². The summed E-state index contributed by atoms with van der Waals surface area (Å²) in [6.07, 6.45) is -0.220. The van der Waals surface area contributed by atoms with Crippen LogP contribution in [0.15, 0.2) is 18.2 Å². The Kier molecular flexibility index (Phi) is 3.80. The molecule has 0 heterocycles.